The maximum atomic E-state index is 2.43. The molecule has 0 saturated heterocycles. The third-order valence-corrected chi connectivity index (χ3v) is 3.16. The molecule has 0 radical (unpaired) electrons. The molecule has 0 atom stereocenters. The molecule has 0 aromatic heterocycles. The zero-order valence-corrected chi connectivity index (χ0v) is 10.9. The molecule has 1 aliphatic rings. The van der Waals surface area contributed by atoms with Crippen LogP contribution in [0.25, 0.3) is 0 Å². The Balaban J connectivity index is 2.51. The van der Waals surface area contributed by atoms with E-state index in [1.807, 2.05) is 0 Å². The summed E-state index contributed by atoms with van der Waals surface area (Å²) in [5.74, 6) is 0. The number of allylic oxidation sites excluding steroid dienone is 8. The van der Waals surface area contributed by atoms with Crippen LogP contribution in [0.3, 0.4) is 0 Å². The van der Waals surface area contributed by atoms with Crippen molar-refractivity contribution >= 4 is 0 Å². The van der Waals surface area contributed by atoms with E-state index in [1.54, 1.807) is 5.57 Å². The Hall–Kier alpha value is -1.04. The van der Waals surface area contributed by atoms with Gasteiger partial charge in [-0.25, -0.2) is 0 Å². The van der Waals surface area contributed by atoms with Crippen molar-refractivity contribution in [2.75, 3.05) is 0 Å². The van der Waals surface area contributed by atoms with Crippen LogP contribution < -0.4 is 0 Å². The molecule has 0 aliphatic heterocycles. The highest BCUT2D eigenvalue weighted by Crippen LogP contribution is 2.18. The van der Waals surface area contributed by atoms with E-state index < -0.39 is 0 Å². The molecule has 0 heteroatoms. The van der Waals surface area contributed by atoms with Crippen LogP contribution in [0.5, 0.6) is 0 Å². The van der Waals surface area contributed by atoms with Crippen molar-refractivity contribution in [2.24, 2.45) is 0 Å². The van der Waals surface area contributed by atoms with Gasteiger partial charge in [-0.2, -0.15) is 0 Å². The van der Waals surface area contributed by atoms with Crippen LogP contribution in [0.4, 0.5) is 0 Å². The highest BCUT2D eigenvalue weighted by Gasteiger charge is 1.98. The monoisotopic (exact) mass is 216 g/mol. The fourth-order valence-corrected chi connectivity index (χ4v) is 1.85. The van der Waals surface area contributed by atoms with Crippen molar-refractivity contribution in [3.63, 3.8) is 0 Å². The van der Waals surface area contributed by atoms with Crippen LogP contribution in [0.2, 0.25) is 0 Å². The van der Waals surface area contributed by atoms with E-state index in [0.29, 0.717) is 0 Å². The van der Waals surface area contributed by atoms with Crippen molar-refractivity contribution in [3.8, 4) is 0 Å². The number of hydrogen-bond donors (Lipinski definition) is 0. The number of hydrogen-bond acceptors (Lipinski definition) is 0. The lowest BCUT2D eigenvalue weighted by Gasteiger charge is -2.05. The Kier molecular flexibility index (Phi) is 5.92. The lowest BCUT2D eigenvalue weighted by Crippen LogP contribution is -1.85. The van der Waals surface area contributed by atoms with E-state index in [2.05, 4.69) is 51.2 Å². The van der Waals surface area contributed by atoms with Gasteiger partial charge in [-0.3, -0.25) is 0 Å². The maximum Gasteiger partial charge on any atom is -0.0135 e. The molecule has 0 spiro atoms. The van der Waals surface area contributed by atoms with Crippen molar-refractivity contribution in [3.05, 3.63) is 47.1 Å². The Morgan fingerprint density at radius 1 is 1.31 bits per heavy atom. The Morgan fingerprint density at radius 2 is 2.06 bits per heavy atom. The summed E-state index contributed by atoms with van der Waals surface area (Å²) in [4.78, 5) is 0. The largest absolute Gasteiger partial charge is 0.0887 e. The van der Waals surface area contributed by atoms with Gasteiger partial charge in [0, 0.05) is 0 Å². The first-order valence-corrected chi connectivity index (χ1v) is 6.35. The lowest BCUT2D eigenvalue weighted by atomic mass is 10.0. The minimum absolute atomic E-state index is 1.13. The van der Waals surface area contributed by atoms with Gasteiger partial charge in [0.25, 0.3) is 0 Å². The smallest absolute Gasteiger partial charge is 0.0135 e. The van der Waals surface area contributed by atoms with E-state index in [9.17, 15) is 0 Å². The third kappa shape index (κ3) is 5.16. The van der Waals surface area contributed by atoms with Crippen LogP contribution in [-0.4, -0.2) is 0 Å². The predicted octanol–water partition coefficient (Wildman–Crippen LogP) is 5.35. The van der Waals surface area contributed by atoms with Crippen molar-refractivity contribution in [1.82, 2.24) is 0 Å². The maximum absolute atomic E-state index is 2.43. The third-order valence-electron chi connectivity index (χ3n) is 3.16. The molecule has 1 aliphatic carbocycles. The van der Waals surface area contributed by atoms with Gasteiger partial charge in [-0.1, -0.05) is 47.1 Å². The van der Waals surface area contributed by atoms with Gasteiger partial charge in [0.15, 0.2) is 0 Å². The van der Waals surface area contributed by atoms with Gasteiger partial charge >= 0.3 is 0 Å². The molecule has 0 N–H and O–H groups in total. The Labute approximate surface area is 100 Å². The second-order valence-corrected chi connectivity index (χ2v) is 4.63. The quantitative estimate of drug-likeness (QED) is 0.558. The Bertz CT molecular complexity index is 324. The molecule has 0 unspecified atom stereocenters. The molecule has 0 heterocycles. The summed E-state index contributed by atoms with van der Waals surface area (Å²) < 4.78 is 0. The van der Waals surface area contributed by atoms with Gasteiger partial charge < -0.3 is 0 Å². The zero-order valence-electron chi connectivity index (χ0n) is 10.9. The van der Waals surface area contributed by atoms with E-state index in [0.717, 1.165) is 6.42 Å². The SMILES string of the molecule is CC=C(C)CCC1=CCCC=C(C)C=CC1. The summed E-state index contributed by atoms with van der Waals surface area (Å²) in [5.41, 5.74) is 4.50. The molecule has 0 aromatic rings. The second-order valence-electron chi connectivity index (χ2n) is 4.63. The van der Waals surface area contributed by atoms with E-state index in [1.165, 1.54) is 36.8 Å². The van der Waals surface area contributed by atoms with Crippen molar-refractivity contribution in [1.29, 1.82) is 0 Å². The first kappa shape index (κ1) is 13.0. The van der Waals surface area contributed by atoms with Crippen LogP contribution in [0.15, 0.2) is 47.1 Å². The first-order valence-electron chi connectivity index (χ1n) is 6.35. The summed E-state index contributed by atoms with van der Waals surface area (Å²) in [7, 11) is 0. The molecule has 0 bridgehead atoms. The van der Waals surface area contributed by atoms with Crippen LogP contribution in [0.1, 0.15) is 52.9 Å². The molecule has 0 nitrogen and oxygen atoms in total. The van der Waals surface area contributed by atoms with E-state index >= 15 is 0 Å². The molecule has 16 heavy (non-hydrogen) atoms. The summed E-state index contributed by atoms with van der Waals surface area (Å²) in [6.45, 7) is 6.53. The van der Waals surface area contributed by atoms with Crippen molar-refractivity contribution < 1.29 is 0 Å². The second kappa shape index (κ2) is 7.27. The van der Waals surface area contributed by atoms with Gasteiger partial charge in [-0.05, 0) is 52.9 Å². The fourth-order valence-electron chi connectivity index (χ4n) is 1.85. The van der Waals surface area contributed by atoms with E-state index in [4.69, 9.17) is 0 Å². The molecule has 0 saturated carbocycles. The van der Waals surface area contributed by atoms with E-state index in [-0.39, 0.29) is 0 Å². The van der Waals surface area contributed by atoms with Gasteiger partial charge in [0.05, 0.1) is 0 Å². The molecular weight excluding hydrogens is 192 g/mol. The predicted molar refractivity (Wildman–Crippen MR) is 73.5 cm³/mol. The zero-order chi connectivity index (χ0) is 11.8. The molecular formula is C16H24. The fraction of sp³-hybridized carbons (Fsp3) is 0.500. The molecule has 88 valence electrons. The topological polar surface area (TPSA) is 0 Å². The minimum atomic E-state index is 1.13. The normalized spacial score (nSPS) is 18.3. The summed E-state index contributed by atoms with van der Waals surface area (Å²) in [6, 6.07) is 0. The molecule has 1 rings (SSSR count). The molecule has 0 aromatic carbocycles. The van der Waals surface area contributed by atoms with Crippen LogP contribution >= 0.6 is 0 Å². The van der Waals surface area contributed by atoms with Gasteiger partial charge in [0.1, 0.15) is 0 Å². The van der Waals surface area contributed by atoms with Crippen LogP contribution in [-0.2, 0) is 0 Å². The highest BCUT2D eigenvalue weighted by atomic mass is 14.0. The summed E-state index contributed by atoms with van der Waals surface area (Å²) in [6.07, 6.45) is 17.5. The van der Waals surface area contributed by atoms with Gasteiger partial charge in [-0.15, -0.1) is 0 Å². The van der Waals surface area contributed by atoms with Crippen molar-refractivity contribution in [2.45, 2.75) is 52.9 Å². The highest BCUT2D eigenvalue weighted by molar-refractivity contribution is 5.21. The van der Waals surface area contributed by atoms with Gasteiger partial charge in [0.2, 0.25) is 0 Å². The average Bonchev–Trinajstić information content (AvgIpc) is 2.38. The minimum Gasteiger partial charge on any atom is -0.0887 e. The summed E-state index contributed by atoms with van der Waals surface area (Å²) in [5, 5.41) is 0. The van der Waals surface area contributed by atoms with Crippen LogP contribution in [0, 0.1) is 0 Å². The molecule has 0 fully saturated rings. The Morgan fingerprint density at radius 3 is 2.81 bits per heavy atom. The molecule has 0 amide bonds. The summed E-state index contributed by atoms with van der Waals surface area (Å²) >= 11 is 0. The first-order chi connectivity index (χ1) is 7.72. The lowest BCUT2D eigenvalue weighted by molar-refractivity contribution is 0.878. The number of rotatable bonds is 3. The average molecular weight is 216 g/mol. The standard InChI is InChI=1S/C16H24/c1-4-14(2)12-13-16-10-6-5-8-15(3)9-7-11-16/h4,7-10H,5-6,11-13H2,1-3H3.